The van der Waals surface area contributed by atoms with Gasteiger partial charge in [-0.2, -0.15) is 5.10 Å². The predicted molar refractivity (Wildman–Crippen MR) is 115 cm³/mol. The van der Waals surface area contributed by atoms with Crippen molar-refractivity contribution in [3.8, 4) is 0 Å². The van der Waals surface area contributed by atoms with Crippen LogP contribution in [0.25, 0.3) is 0 Å². The molecule has 1 amide bonds. The number of nitrogens with one attached hydrogen (secondary N) is 2. The van der Waals surface area contributed by atoms with Crippen LogP contribution in [0, 0.1) is 25.5 Å². The maximum atomic E-state index is 13.3. The van der Waals surface area contributed by atoms with Gasteiger partial charge in [0.15, 0.2) is 11.6 Å². The number of amides is 1. The summed E-state index contributed by atoms with van der Waals surface area (Å²) >= 11 is 0. The van der Waals surface area contributed by atoms with E-state index in [-0.39, 0.29) is 25.4 Å². The van der Waals surface area contributed by atoms with Gasteiger partial charge in [0.05, 0.1) is 17.1 Å². The van der Waals surface area contributed by atoms with Gasteiger partial charge in [0.2, 0.25) is 15.9 Å². The second-order valence-corrected chi connectivity index (χ2v) is 9.06. The van der Waals surface area contributed by atoms with Gasteiger partial charge in [-0.3, -0.25) is 9.48 Å². The van der Waals surface area contributed by atoms with Crippen molar-refractivity contribution >= 4 is 15.9 Å². The lowest BCUT2D eigenvalue weighted by Gasteiger charge is -2.09. The van der Waals surface area contributed by atoms with Crippen LogP contribution in [0.3, 0.4) is 0 Å². The zero-order chi connectivity index (χ0) is 23.3. The Kier molecular flexibility index (Phi) is 7.37. The Hall–Kier alpha value is -3.11. The van der Waals surface area contributed by atoms with E-state index >= 15 is 0 Å². The molecule has 3 aromatic rings. The van der Waals surface area contributed by atoms with Crippen molar-refractivity contribution in [2.45, 2.75) is 38.3 Å². The number of rotatable bonds is 9. The van der Waals surface area contributed by atoms with E-state index in [4.69, 9.17) is 0 Å². The minimum absolute atomic E-state index is 0.112. The summed E-state index contributed by atoms with van der Waals surface area (Å²) in [7, 11) is -4.05. The van der Waals surface area contributed by atoms with Crippen LogP contribution in [-0.4, -0.2) is 30.7 Å². The van der Waals surface area contributed by atoms with E-state index in [1.807, 2.05) is 48.9 Å². The van der Waals surface area contributed by atoms with E-state index in [1.165, 1.54) is 0 Å². The summed E-state index contributed by atoms with van der Waals surface area (Å²) < 4.78 is 54.7. The molecule has 0 saturated heterocycles. The number of aryl methyl sites for hydroxylation is 1. The molecule has 0 spiro atoms. The first-order valence-electron chi connectivity index (χ1n) is 9.95. The van der Waals surface area contributed by atoms with Crippen LogP contribution >= 0.6 is 0 Å². The van der Waals surface area contributed by atoms with Gasteiger partial charge in [0.1, 0.15) is 0 Å². The van der Waals surface area contributed by atoms with Gasteiger partial charge in [-0.15, -0.1) is 0 Å². The molecule has 0 aliphatic carbocycles. The van der Waals surface area contributed by atoms with Crippen LogP contribution in [0.15, 0.2) is 53.4 Å². The number of benzene rings is 2. The molecule has 0 fully saturated rings. The molecule has 1 heterocycles. The molecule has 1 aromatic heterocycles. The van der Waals surface area contributed by atoms with Gasteiger partial charge in [-0.25, -0.2) is 21.9 Å². The lowest BCUT2D eigenvalue weighted by atomic mass is 10.2. The van der Waals surface area contributed by atoms with Gasteiger partial charge < -0.3 is 5.32 Å². The van der Waals surface area contributed by atoms with Crippen molar-refractivity contribution in [2.24, 2.45) is 0 Å². The largest absolute Gasteiger partial charge is 0.352 e. The Morgan fingerprint density at radius 2 is 1.78 bits per heavy atom. The molecule has 3 rings (SSSR count). The molecule has 10 heteroatoms. The third-order valence-electron chi connectivity index (χ3n) is 5.01. The van der Waals surface area contributed by atoms with E-state index in [9.17, 15) is 22.0 Å². The minimum Gasteiger partial charge on any atom is -0.352 e. The number of aromatic nitrogens is 2. The zero-order valence-corrected chi connectivity index (χ0v) is 18.5. The fourth-order valence-corrected chi connectivity index (χ4v) is 4.25. The van der Waals surface area contributed by atoms with Crippen LogP contribution in [0.1, 0.15) is 28.9 Å². The highest BCUT2D eigenvalue weighted by molar-refractivity contribution is 7.89. The summed E-state index contributed by atoms with van der Waals surface area (Å²) in [4.78, 5) is 11.8. The van der Waals surface area contributed by atoms with Crippen LogP contribution in [0.2, 0.25) is 0 Å². The number of halogens is 2. The maximum Gasteiger partial charge on any atom is 0.240 e. The normalized spacial score (nSPS) is 11.5. The summed E-state index contributed by atoms with van der Waals surface area (Å²) in [6.07, 6.45) is -0.112. The summed E-state index contributed by atoms with van der Waals surface area (Å²) in [5, 5.41) is 7.30. The minimum atomic E-state index is -4.05. The second kappa shape index (κ2) is 10.0. The van der Waals surface area contributed by atoms with Crippen LogP contribution in [-0.2, 0) is 27.9 Å². The Morgan fingerprint density at radius 3 is 2.47 bits per heavy atom. The van der Waals surface area contributed by atoms with Crippen LogP contribution < -0.4 is 10.0 Å². The highest BCUT2D eigenvalue weighted by Crippen LogP contribution is 2.15. The molecule has 0 aliphatic heterocycles. The topological polar surface area (TPSA) is 93.1 Å². The van der Waals surface area contributed by atoms with Crippen molar-refractivity contribution in [1.82, 2.24) is 19.8 Å². The maximum absolute atomic E-state index is 13.3. The quantitative estimate of drug-likeness (QED) is 0.512. The summed E-state index contributed by atoms with van der Waals surface area (Å²) in [5.41, 5.74) is 3.75. The lowest BCUT2D eigenvalue weighted by molar-refractivity contribution is -0.121. The monoisotopic (exact) mass is 462 g/mol. The number of carbonyl (C=O) groups excluding carboxylic acids is 1. The van der Waals surface area contributed by atoms with E-state index in [1.54, 1.807) is 0 Å². The van der Waals surface area contributed by atoms with E-state index < -0.39 is 26.6 Å². The first kappa shape index (κ1) is 23.6. The lowest BCUT2D eigenvalue weighted by Crippen LogP contribution is -2.30. The average Bonchev–Trinajstić information content (AvgIpc) is 3.01. The third-order valence-corrected chi connectivity index (χ3v) is 6.47. The van der Waals surface area contributed by atoms with Crippen molar-refractivity contribution in [1.29, 1.82) is 0 Å². The Morgan fingerprint density at radius 1 is 1.06 bits per heavy atom. The zero-order valence-electron chi connectivity index (χ0n) is 17.7. The molecule has 7 nitrogen and oxygen atoms in total. The summed E-state index contributed by atoms with van der Waals surface area (Å²) in [6.45, 7) is 4.50. The van der Waals surface area contributed by atoms with E-state index in [0.29, 0.717) is 12.6 Å². The molecule has 0 saturated carbocycles. The van der Waals surface area contributed by atoms with Gasteiger partial charge in [0, 0.05) is 30.8 Å². The molecule has 0 aliphatic rings. The number of hydrogen-bond acceptors (Lipinski definition) is 4. The highest BCUT2D eigenvalue weighted by atomic mass is 32.2. The number of hydrogen-bond donors (Lipinski definition) is 2. The van der Waals surface area contributed by atoms with Crippen molar-refractivity contribution in [3.63, 3.8) is 0 Å². The van der Waals surface area contributed by atoms with Crippen molar-refractivity contribution in [2.75, 3.05) is 6.54 Å². The third kappa shape index (κ3) is 5.77. The van der Waals surface area contributed by atoms with Crippen molar-refractivity contribution in [3.05, 3.63) is 82.7 Å². The Bertz CT molecular complexity index is 1210. The number of nitrogens with zero attached hydrogens (tertiary/aromatic N) is 2. The first-order chi connectivity index (χ1) is 15.2. The van der Waals surface area contributed by atoms with Crippen LogP contribution in [0.4, 0.5) is 8.78 Å². The standard InChI is InChI=1S/C22H24F2N4O3S/c1-15-19(16(2)28(27-15)14-17-6-4-3-5-7-17)13-25-22(29)10-11-26-32(30,31)18-8-9-20(23)21(24)12-18/h3-9,12,26H,10-11,13-14H2,1-2H3,(H,25,29). The number of sulfonamides is 1. The highest BCUT2D eigenvalue weighted by Gasteiger charge is 2.17. The van der Waals surface area contributed by atoms with Crippen LogP contribution in [0.5, 0.6) is 0 Å². The molecule has 0 bridgehead atoms. The molecule has 0 unspecified atom stereocenters. The molecule has 2 N–H and O–H groups in total. The summed E-state index contributed by atoms with van der Waals surface area (Å²) in [6, 6.07) is 12.2. The smallest absolute Gasteiger partial charge is 0.240 e. The van der Waals surface area contributed by atoms with Gasteiger partial charge >= 0.3 is 0 Å². The fraction of sp³-hybridized carbons (Fsp3) is 0.273. The summed E-state index contributed by atoms with van der Waals surface area (Å²) in [5.74, 6) is -2.75. The molecule has 32 heavy (non-hydrogen) atoms. The predicted octanol–water partition coefficient (Wildman–Crippen LogP) is 2.81. The SMILES string of the molecule is Cc1nn(Cc2ccccc2)c(C)c1CNC(=O)CCNS(=O)(=O)c1ccc(F)c(F)c1. The molecule has 0 atom stereocenters. The molecule has 0 radical (unpaired) electrons. The molecular weight excluding hydrogens is 438 g/mol. The van der Waals surface area contributed by atoms with Crippen molar-refractivity contribution < 1.29 is 22.0 Å². The molecular formula is C22H24F2N4O3S. The van der Waals surface area contributed by atoms with Gasteiger partial charge in [-0.05, 0) is 37.6 Å². The Labute approximate surface area is 185 Å². The number of carbonyl (C=O) groups is 1. The first-order valence-corrected chi connectivity index (χ1v) is 11.4. The van der Waals surface area contributed by atoms with Gasteiger partial charge in [-0.1, -0.05) is 30.3 Å². The molecule has 170 valence electrons. The second-order valence-electron chi connectivity index (χ2n) is 7.29. The molecule has 2 aromatic carbocycles. The van der Waals surface area contributed by atoms with Gasteiger partial charge in [0.25, 0.3) is 0 Å². The fourth-order valence-electron chi connectivity index (χ4n) is 3.20. The van der Waals surface area contributed by atoms with E-state index in [2.05, 4.69) is 15.1 Å². The van der Waals surface area contributed by atoms with E-state index in [0.717, 1.165) is 34.6 Å². The Balaban J connectivity index is 1.52. The average molecular weight is 463 g/mol.